The zero-order valence-corrected chi connectivity index (χ0v) is 23.3. The van der Waals surface area contributed by atoms with Gasteiger partial charge in [-0.05, 0) is 49.7 Å². The zero-order chi connectivity index (χ0) is 26.4. The lowest BCUT2D eigenvalue weighted by atomic mass is 9.82. The highest BCUT2D eigenvalue weighted by Crippen LogP contribution is 2.35. The van der Waals surface area contributed by atoms with Crippen molar-refractivity contribution >= 4 is 28.8 Å². The summed E-state index contributed by atoms with van der Waals surface area (Å²) in [6.45, 7) is 2.84. The molecule has 1 unspecified atom stereocenters. The number of amides is 2. The Morgan fingerprint density at radius 2 is 1.92 bits per heavy atom. The summed E-state index contributed by atoms with van der Waals surface area (Å²) in [7, 11) is 4.06. The summed E-state index contributed by atoms with van der Waals surface area (Å²) in [6.07, 6.45) is 7.89. The fourth-order valence-corrected chi connectivity index (χ4v) is 6.80. The largest absolute Gasteiger partial charge is 0.382 e. The first-order chi connectivity index (χ1) is 17.9. The first kappa shape index (κ1) is 27.6. The highest BCUT2D eigenvalue weighted by Gasteiger charge is 2.40. The third kappa shape index (κ3) is 6.71. The molecule has 1 aliphatic carbocycles. The Labute approximate surface area is 225 Å². The smallest absolute Gasteiger partial charge is 0.252 e. The molecule has 2 aromatic rings. The van der Waals surface area contributed by atoms with Crippen molar-refractivity contribution in [1.82, 2.24) is 15.2 Å². The fourth-order valence-electron chi connectivity index (χ4n) is 6.07. The lowest BCUT2D eigenvalue weighted by Gasteiger charge is -2.36. The molecule has 1 aromatic heterocycles. The number of aromatic nitrogens is 1. The van der Waals surface area contributed by atoms with Crippen LogP contribution >= 0.6 is 11.3 Å². The molecular formula is C29H42N4O3S. The maximum absolute atomic E-state index is 13.3. The number of nitrogens with zero attached hydrogens (tertiary/aromatic N) is 3. The number of carbonyl (C=O) groups is 2. The van der Waals surface area contributed by atoms with Gasteiger partial charge in [-0.2, -0.15) is 0 Å². The standard InChI is InChI=1S/C29H42N4O3S/c1-4-23(27(34)29(36)33-16-10-15-25(33)20-11-6-5-7-12-20)28(35)30-18-26-31-22(19-37-26)17-21-13-8-9-14-24(21)32(2)3/h8-9,13-14,19-20,23,25,27,34H,4-7,10-12,15-18H2,1-3H3,(H,30,35)/t23-,25?,27-/m1/s1. The average Bonchev–Trinajstić information content (AvgIpc) is 3.58. The van der Waals surface area contributed by atoms with Crippen molar-refractivity contribution in [2.45, 2.75) is 83.4 Å². The Morgan fingerprint density at radius 1 is 1.16 bits per heavy atom. The van der Waals surface area contributed by atoms with E-state index < -0.39 is 12.0 Å². The Morgan fingerprint density at radius 3 is 2.65 bits per heavy atom. The molecule has 2 fully saturated rings. The molecule has 0 bridgehead atoms. The van der Waals surface area contributed by atoms with Crippen LogP contribution < -0.4 is 10.2 Å². The number of rotatable bonds is 10. The molecule has 2 N–H and O–H groups in total. The van der Waals surface area contributed by atoms with Gasteiger partial charge in [0.1, 0.15) is 11.1 Å². The summed E-state index contributed by atoms with van der Waals surface area (Å²) >= 11 is 1.52. The van der Waals surface area contributed by atoms with Crippen molar-refractivity contribution in [3.63, 3.8) is 0 Å². The van der Waals surface area contributed by atoms with Crippen molar-refractivity contribution in [3.8, 4) is 0 Å². The van der Waals surface area contributed by atoms with E-state index in [0.717, 1.165) is 30.0 Å². The maximum Gasteiger partial charge on any atom is 0.252 e. The highest BCUT2D eigenvalue weighted by molar-refractivity contribution is 7.09. The highest BCUT2D eigenvalue weighted by atomic mass is 32.1. The van der Waals surface area contributed by atoms with Gasteiger partial charge in [-0.15, -0.1) is 11.3 Å². The van der Waals surface area contributed by atoms with Crippen LogP contribution in [0.3, 0.4) is 0 Å². The van der Waals surface area contributed by atoms with E-state index in [4.69, 9.17) is 4.98 Å². The van der Waals surface area contributed by atoms with Crippen LogP contribution in [0.1, 0.15) is 74.6 Å². The summed E-state index contributed by atoms with van der Waals surface area (Å²) in [5.41, 5.74) is 3.33. The first-order valence-electron chi connectivity index (χ1n) is 13.8. The van der Waals surface area contributed by atoms with E-state index in [0.29, 0.717) is 25.4 Å². The number of aliphatic hydroxyl groups excluding tert-OH is 1. The third-order valence-corrected chi connectivity index (χ3v) is 8.94. The second-order valence-corrected chi connectivity index (χ2v) is 11.7. The van der Waals surface area contributed by atoms with Gasteiger partial charge in [0.2, 0.25) is 5.91 Å². The van der Waals surface area contributed by atoms with Crippen LogP contribution in [0.15, 0.2) is 29.6 Å². The maximum atomic E-state index is 13.3. The van der Waals surface area contributed by atoms with Crippen LogP contribution in [-0.2, 0) is 22.6 Å². The van der Waals surface area contributed by atoms with Crippen LogP contribution in [-0.4, -0.2) is 59.6 Å². The molecule has 1 aromatic carbocycles. The summed E-state index contributed by atoms with van der Waals surface area (Å²) in [5, 5.41) is 16.8. The molecular weight excluding hydrogens is 484 g/mol. The van der Waals surface area contributed by atoms with Gasteiger partial charge in [0.25, 0.3) is 5.91 Å². The van der Waals surface area contributed by atoms with E-state index in [2.05, 4.69) is 22.3 Å². The van der Waals surface area contributed by atoms with Gasteiger partial charge in [-0.1, -0.05) is 44.4 Å². The summed E-state index contributed by atoms with van der Waals surface area (Å²) in [4.78, 5) is 35.0. The van der Waals surface area contributed by atoms with Crippen LogP contribution in [0.4, 0.5) is 5.69 Å². The number of nitrogens with one attached hydrogen (secondary N) is 1. The molecule has 0 spiro atoms. The summed E-state index contributed by atoms with van der Waals surface area (Å²) in [6, 6.07) is 8.49. The molecule has 2 aliphatic rings. The number of carbonyl (C=O) groups excluding carboxylic acids is 2. The zero-order valence-electron chi connectivity index (χ0n) is 22.5. The second-order valence-electron chi connectivity index (χ2n) is 10.7. The monoisotopic (exact) mass is 526 g/mol. The number of aliphatic hydroxyl groups is 1. The number of anilines is 1. The minimum absolute atomic E-state index is 0.217. The van der Waals surface area contributed by atoms with E-state index in [1.54, 1.807) is 0 Å². The van der Waals surface area contributed by atoms with Gasteiger partial charge < -0.3 is 20.2 Å². The molecule has 0 radical (unpaired) electrons. The quantitative estimate of drug-likeness (QED) is 0.480. The molecule has 4 rings (SSSR count). The molecule has 37 heavy (non-hydrogen) atoms. The topological polar surface area (TPSA) is 85.8 Å². The lowest BCUT2D eigenvalue weighted by Crippen LogP contribution is -2.50. The number of hydrogen-bond acceptors (Lipinski definition) is 6. The molecule has 7 nitrogen and oxygen atoms in total. The van der Waals surface area contributed by atoms with E-state index in [1.165, 1.54) is 54.7 Å². The molecule has 8 heteroatoms. The molecule has 2 amide bonds. The van der Waals surface area contributed by atoms with E-state index >= 15 is 0 Å². The molecule has 1 saturated carbocycles. The van der Waals surface area contributed by atoms with Crippen LogP contribution in [0.2, 0.25) is 0 Å². The van der Waals surface area contributed by atoms with Gasteiger partial charge >= 0.3 is 0 Å². The van der Waals surface area contributed by atoms with Gasteiger partial charge in [-0.3, -0.25) is 9.59 Å². The predicted molar refractivity (Wildman–Crippen MR) is 149 cm³/mol. The van der Waals surface area contributed by atoms with Crippen molar-refractivity contribution in [2.75, 3.05) is 25.5 Å². The third-order valence-electron chi connectivity index (χ3n) is 8.05. The lowest BCUT2D eigenvalue weighted by molar-refractivity contribution is -0.149. The normalized spacial score (nSPS) is 20.0. The van der Waals surface area contributed by atoms with E-state index in [9.17, 15) is 14.7 Å². The molecule has 1 aliphatic heterocycles. The van der Waals surface area contributed by atoms with E-state index in [-0.39, 0.29) is 17.9 Å². The first-order valence-corrected chi connectivity index (χ1v) is 14.7. The van der Waals surface area contributed by atoms with Gasteiger partial charge in [0.05, 0.1) is 18.2 Å². The number of para-hydroxylation sites is 1. The predicted octanol–water partition coefficient (Wildman–Crippen LogP) is 4.37. The average molecular weight is 527 g/mol. The number of thiazole rings is 1. The Balaban J connectivity index is 1.33. The number of hydrogen-bond donors (Lipinski definition) is 2. The van der Waals surface area contributed by atoms with Crippen molar-refractivity contribution in [2.24, 2.45) is 11.8 Å². The Bertz CT molecular complexity index is 1050. The van der Waals surface area contributed by atoms with Gasteiger partial charge in [-0.25, -0.2) is 4.98 Å². The fraction of sp³-hybridized carbons (Fsp3) is 0.621. The van der Waals surface area contributed by atoms with Gasteiger partial charge in [0, 0.05) is 44.2 Å². The minimum atomic E-state index is -1.30. The van der Waals surface area contributed by atoms with Gasteiger partial charge in [0.15, 0.2) is 0 Å². The van der Waals surface area contributed by atoms with Crippen LogP contribution in [0.25, 0.3) is 0 Å². The van der Waals surface area contributed by atoms with Crippen LogP contribution in [0.5, 0.6) is 0 Å². The molecule has 2 heterocycles. The van der Waals surface area contributed by atoms with Crippen molar-refractivity contribution in [3.05, 3.63) is 45.9 Å². The second kappa shape index (κ2) is 12.9. The number of benzene rings is 1. The SMILES string of the molecule is CC[C@@H](C(=O)NCc1nc(Cc2ccccc2N(C)C)cs1)[C@@H](O)C(=O)N1CCCC1C1CCCCC1. The van der Waals surface area contributed by atoms with Crippen molar-refractivity contribution < 1.29 is 14.7 Å². The molecule has 202 valence electrons. The molecule has 3 atom stereocenters. The van der Waals surface area contributed by atoms with Crippen LogP contribution in [0, 0.1) is 11.8 Å². The number of likely N-dealkylation sites (tertiary alicyclic amines) is 1. The van der Waals surface area contributed by atoms with Crippen molar-refractivity contribution in [1.29, 1.82) is 0 Å². The Hall–Kier alpha value is -2.45. The Kier molecular flexibility index (Phi) is 9.60. The summed E-state index contributed by atoms with van der Waals surface area (Å²) in [5.74, 6) is -0.783. The summed E-state index contributed by atoms with van der Waals surface area (Å²) < 4.78 is 0. The minimum Gasteiger partial charge on any atom is -0.382 e. The van der Waals surface area contributed by atoms with E-state index in [1.807, 2.05) is 43.4 Å². The molecule has 1 saturated heterocycles.